The highest BCUT2D eigenvalue weighted by Crippen LogP contribution is 2.33. The van der Waals surface area contributed by atoms with E-state index < -0.39 is 0 Å². The first kappa shape index (κ1) is 12.4. The number of hydrogen-bond acceptors (Lipinski definition) is 2. The molecule has 0 bridgehead atoms. The Morgan fingerprint density at radius 3 is 2.80 bits per heavy atom. The minimum absolute atomic E-state index is 0.669. The minimum Gasteiger partial charge on any atom is -0.342 e. The summed E-state index contributed by atoms with van der Waals surface area (Å²) in [4.78, 5) is 8.34. The minimum atomic E-state index is 0.669. The Hall–Kier alpha value is -1.35. The van der Waals surface area contributed by atoms with E-state index in [-0.39, 0.29) is 0 Å². The van der Waals surface area contributed by atoms with Crippen LogP contribution in [0, 0.1) is 0 Å². The van der Waals surface area contributed by atoms with Crippen LogP contribution < -0.4 is 5.32 Å². The zero-order valence-corrected chi connectivity index (χ0v) is 12.0. The predicted octanol–water partition coefficient (Wildman–Crippen LogP) is 3.52. The first-order valence-electron chi connectivity index (χ1n) is 8.10. The summed E-state index contributed by atoms with van der Waals surface area (Å²) < 4.78 is 0. The molecular weight excluding hydrogens is 246 g/mol. The average Bonchev–Trinajstić information content (AvgIpc) is 2.98. The monoisotopic (exact) mass is 269 g/mol. The van der Waals surface area contributed by atoms with Crippen molar-refractivity contribution in [1.82, 2.24) is 15.3 Å². The third-order valence-corrected chi connectivity index (χ3v) is 4.73. The Labute approximate surface area is 120 Å². The Kier molecular flexibility index (Phi) is 3.23. The van der Waals surface area contributed by atoms with Crippen molar-refractivity contribution in [1.29, 1.82) is 0 Å². The van der Waals surface area contributed by atoms with Crippen molar-refractivity contribution in [2.45, 2.75) is 56.9 Å². The molecule has 0 aliphatic heterocycles. The summed E-state index contributed by atoms with van der Waals surface area (Å²) in [6.07, 6.45) is 9.18. The fraction of sp³-hybridized carbons (Fsp3) is 0.588. The molecule has 106 valence electrons. The summed E-state index contributed by atoms with van der Waals surface area (Å²) in [5.74, 6) is 1.88. The molecule has 0 saturated heterocycles. The molecule has 0 amide bonds. The Morgan fingerprint density at radius 2 is 2.00 bits per heavy atom. The molecule has 1 aromatic heterocycles. The molecule has 0 radical (unpaired) electrons. The number of H-pyrrole nitrogens is 1. The van der Waals surface area contributed by atoms with Gasteiger partial charge in [-0.15, -0.1) is 0 Å². The molecule has 2 aromatic rings. The number of aromatic amines is 1. The van der Waals surface area contributed by atoms with Gasteiger partial charge in [0.15, 0.2) is 0 Å². The van der Waals surface area contributed by atoms with Crippen LogP contribution in [0.1, 0.15) is 55.8 Å². The molecule has 3 nitrogen and oxygen atoms in total. The van der Waals surface area contributed by atoms with Crippen molar-refractivity contribution in [3.8, 4) is 0 Å². The highest BCUT2D eigenvalue weighted by atomic mass is 14.9. The van der Waals surface area contributed by atoms with Gasteiger partial charge in [0.25, 0.3) is 0 Å². The molecule has 2 fully saturated rings. The van der Waals surface area contributed by atoms with Crippen LogP contribution in [0.25, 0.3) is 11.0 Å². The zero-order chi connectivity index (χ0) is 13.4. The third kappa shape index (κ3) is 2.59. The Balaban J connectivity index is 1.49. The lowest BCUT2D eigenvalue weighted by Crippen LogP contribution is -2.19. The number of hydrogen-bond donors (Lipinski definition) is 2. The van der Waals surface area contributed by atoms with Crippen molar-refractivity contribution < 1.29 is 0 Å². The van der Waals surface area contributed by atoms with Crippen LogP contribution in [0.2, 0.25) is 0 Å². The van der Waals surface area contributed by atoms with Crippen LogP contribution in [0.5, 0.6) is 0 Å². The molecule has 3 heteroatoms. The fourth-order valence-electron chi connectivity index (χ4n) is 3.33. The van der Waals surface area contributed by atoms with Gasteiger partial charge in [-0.1, -0.05) is 18.9 Å². The second kappa shape index (κ2) is 5.21. The molecular formula is C17H23N3. The van der Waals surface area contributed by atoms with Gasteiger partial charge in [0.05, 0.1) is 11.0 Å². The maximum Gasteiger partial charge on any atom is 0.110 e. The van der Waals surface area contributed by atoms with E-state index in [1.807, 2.05) is 0 Å². The quantitative estimate of drug-likeness (QED) is 0.872. The zero-order valence-electron chi connectivity index (χ0n) is 12.0. The summed E-state index contributed by atoms with van der Waals surface area (Å²) in [6, 6.07) is 7.50. The van der Waals surface area contributed by atoms with Gasteiger partial charge in [-0.3, -0.25) is 0 Å². The molecule has 4 rings (SSSR count). The average molecular weight is 269 g/mol. The SMILES string of the molecule is c1cc2nc(C3CCCC3)[nH]c2cc1CCNC1CC1. The first-order chi connectivity index (χ1) is 9.88. The highest BCUT2D eigenvalue weighted by molar-refractivity contribution is 5.76. The largest absolute Gasteiger partial charge is 0.342 e. The number of aromatic nitrogens is 2. The smallest absolute Gasteiger partial charge is 0.110 e. The van der Waals surface area contributed by atoms with Crippen LogP contribution in [-0.4, -0.2) is 22.6 Å². The molecule has 2 aliphatic carbocycles. The topological polar surface area (TPSA) is 40.7 Å². The van der Waals surface area contributed by atoms with E-state index in [0.717, 1.165) is 24.5 Å². The molecule has 1 heterocycles. The summed E-state index contributed by atoms with van der Waals surface area (Å²) in [6.45, 7) is 1.10. The summed E-state index contributed by atoms with van der Waals surface area (Å²) >= 11 is 0. The van der Waals surface area contributed by atoms with Crippen molar-refractivity contribution in [3.63, 3.8) is 0 Å². The van der Waals surface area contributed by atoms with Crippen LogP contribution in [0.15, 0.2) is 18.2 Å². The fourth-order valence-corrected chi connectivity index (χ4v) is 3.33. The standard InChI is InChI=1S/C17H23N3/c1-2-4-13(3-1)17-19-15-8-5-12(11-16(15)20-17)9-10-18-14-6-7-14/h5,8,11,13-14,18H,1-4,6-7,9-10H2,(H,19,20). The first-order valence-corrected chi connectivity index (χ1v) is 8.10. The van der Waals surface area contributed by atoms with Gasteiger partial charge in [-0.25, -0.2) is 4.98 Å². The van der Waals surface area contributed by atoms with Crippen LogP contribution >= 0.6 is 0 Å². The molecule has 2 saturated carbocycles. The number of imidazole rings is 1. The van der Waals surface area contributed by atoms with E-state index in [1.54, 1.807) is 0 Å². The van der Waals surface area contributed by atoms with Gasteiger partial charge in [-0.05, 0) is 56.3 Å². The van der Waals surface area contributed by atoms with Gasteiger partial charge in [0.1, 0.15) is 5.82 Å². The lowest BCUT2D eigenvalue weighted by Gasteiger charge is -2.03. The van der Waals surface area contributed by atoms with Crippen molar-refractivity contribution in [2.75, 3.05) is 6.54 Å². The lowest BCUT2D eigenvalue weighted by molar-refractivity contribution is 0.681. The lowest BCUT2D eigenvalue weighted by atomic mass is 10.1. The van der Waals surface area contributed by atoms with E-state index >= 15 is 0 Å². The Morgan fingerprint density at radius 1 is 1.15 bits per heavy atom. The van der Waals surface area contributed by atoms with E-state index in [2.05, 4.69) is 28.5 Å². The van der Waals surface area contributed by atoms with Crippen LogP contribution in [0.3, 0.4) is 0 Å². The van der Waals surface area contributed by atoms with E-state index in [0.29, 0.717) is 5.92 Å². The number of nitrogens with zero attached hydrogens (tertiary/aromatic N) is 1. The molecule has 2 N–H and O–H groups in total. The predicted molar refractivity (Wildman–Crippen MR) is 82.0 cm³/mol. The van der Waals surface area contributed by atoms with Gasteiger partial charge >= 0.3 is 0 Å². The van der Waals surface area contributed by atoms with E-state index in [9.17, 15) is 0 Å². The summed E-state index contributed by atoms with van der Waals surface area (Å²) in [7, 11) is 0. The second-order valence-electron chi connectivity index (χ2n) is 6.43. The Bertz CT molecular complexity index is 591. The van der Waals surface area contributed by atoms with Gasteiger partial charge in [0.2, 0.25) is 0 Å². The highest BCUT2D eigenvalue weighted by Gasteiger charge is 2.21. The van der Waals surface area contributed by atoms with E-state index in [1.165, 1.54) is 55.4 Å². The maximum absolute atomic E-state index is 4.78. The summed E-state index contributed by atoms with van der Waals surface area (Å²) in [5.41, 5.74) is 3.76. The van der Waals surface area contributed by atoms with Crippen LogP contribution in [0.4, 0.5) is 0 Å². The molecule has 0 atom stereocenters. The van der Waals surface area contributed by atoms with Crippen molar-refractivity contribution in [3.05, 3.63) is 29.6 Å². The van der Waals surface area contributed by atoms with E-state index in [4.69, 9.17) is 4.98 Å². The van der Waals surface area contributed by atoms with Gasteiger partial charge in [0, 0.05) is 12.0 Å². The maximum atomic E-state index is 4.78. The van der Waals surface area contributed by atoms with Crippen LogP contribution in [-0.2, 0) is 6.42 Å². The van der Waals surface area contributed by atoms with Crippen molar-refractivity contribution in [2.24, 2.45) is 0 Å². The normalized spacial score (nSPS) is 20.0. The van der Waals surface area contributed by atoms with Crippen molar-refractivity contribution >= 4 is 11.0 Å². The number of nitrogens with one attached hydrogen (secondary N) is 2. The van der Waals surface area contributed by atoms with Gasteiger partial charge < -0.3 is 10.3 Å². The third-order valence-electron chi connectivity index (χ3n) is 4.73. The number of fused-ring (bicyclic) bond motifs is 1. The molecule has 0 spiro atoms. The summed E-state index contributed by atoms with van der Waals surface area (Å²) in [5, 5.41) is 3.58. The molecule has 20 heavy (non-hydrogen) atoms. The number of benzene rings is 1. The molecule has 2 aliphatic rings. The van der Waals surface area contributed by atoms with Gasteiger partial charge in [-0.2, -0.15) is 0 Å². The molecule has 1 aromatic carbocycles. The molecule has 0 unspecified atom stereocenters. The second-order valence-corrected chi connectivity index (χ2v) is 6.43. The number of rotatable bonds is 5.